The standard InChI is InChI=1S/C14H16N2O/c1-12(2)11-14(17)16-15-10-6-9-13-7-4-3-5-8-13/h3-5,7-8,10,12H,11H2,1-2H3,(H,16,17)/b15-10+. The molecule has 17 heavy (non-hydrogen) atoms. The second kappa shape index (κ2) is 7.24. The van der Waals surface area contributed by atoms with Gasteiger partial charge in [-0.15, -0.1) is 0 Å². The molecule has 0 saturated heterocycles. The topological polar surface area (TPSA) is 41.5 Å². The summed E-state index contributed by atoms with van der Waals surface area (Å²) in [6.07, 6.45) is 1.87. The SMILES string of the molecule is CC(C)CC(=O)N/N=C/C#Cc1ccccc1. The van der Waals surface area contributed by atoms with E-state index < -0.39 is 0 Å². The average molecular weight is 228 g/mol. The smallest absolute Gasteiger partial charge is 0.240 e. The summed E-state index contributed by atoms with van der Waals surface area (Å²) in [6.45, 7) is 3.97. The normalized spacial score (nSPS) is 10.1. The van der Waals surface area contributed by atoms with Crippen molar-refractivity contribution >= 4 is 12.1 Å². The van der Waals surface area contributed by atoms with Crippen molar-refractivity contribution in [3.05, 3.63) is 35.9 Å². The third-order valence-electron chi connectivity index (χ3n) is 1.90. The molecule has 0 radical (unpaired) electrons. The molecule has 88 valence electrons. The number of carbonyl (C=O) groups is 1. The molecule has 0 aliphatic carbocycles. The van der Waals surface area contributed by atoms with Gasteiger partial charge in [-0.1, -0.05) is 38.0 Å². The van der Waals surface area contributed by atoms with E-state index in [1.54, 1.807) is 0 Å². The Morgan fingerprint density at radius 3 is 2.76 bits per heavy atom. The van der Waals surface area contributed by atoms with E-state index in [9.17, 15) is 4.79 Å². The molecule has 1 aromatic carbocycles. The molecule has 1 N–H and O–H groups in total. The van der Waals surface area contributed by atoms with E-state index in [1.807, 2.05) is 44.2 Å². The molecule has 3 heteroatoms. The van der Waals surface area contributed by atoms with Crippen LogP contribution in [0.2, 0.25) is 0 Å². The Morgan fingerprint density at radius 1 is 1.41 bits per heavy atom. The van der Waals surface area contributed by atoms with Gasteiger partial charge in [0.1, 0.15) is 0 Å². The number of amides is 1. The first-order valence-corrected chi connectivity index (χ1v) is 5.55. The Labute approximate surface area is 102 Å². The fourth-order valence-electron chi connectivity index (χ4n) is 1.19. The van der Waals surface area contributed by atoms with E-state index in [-0.39, 0.29) is 5.91 Å². The highest BCUT2D eigenvalue weighted by Gasteiger charge is 2.01. The molecule has 0 aliphatic rings. The number of hydrogen-bond donors (Lipinski definition) is 1. The van der Waals surface area contributed by atoms with Crippen molar-refractivity contribution in [2.75, 3.05) is 0 Å². The largest absolute Gasteiger partial charge is 0.273 e. The molecule has 1 rings (SSSR count). The quantitative estimate of drug-likeness (QED) is 0.481. The molecule has 0 bridgehead atoms. The summed E-state index contributed by atoms with van der Waals surface area (Å²) in [7, 11) is 0. The van der Waals surface area contributed by atoms with Crippen molar-refractivity contribution in [1.82, 2.24) is 5.43 Å². The summed E-state index contributed by atoms with van der Waals surface area (Å²) in [6, 6.07) is 9.61. The van der Waals surface area contributed by atoms with Crippen molar-refractivity contribution in [3.63, 3.8) is 0 Å². The number of nitrogens with one attached hydrogen (secondary N) is 1. The van der Waals surface area contributed by atoms with E-state index in [0.717, 1.165) is 5.56 Å². The minimum absolute atomic E-state index is 0.0854. The molecule has 0 unspecified atom stereocenters. The second-order valence-corrected chi connectivity index (χ2v) is 4.03. The van der Waals surface area contributed by atoms with E-state index in [1.165, 1.54) is 6.21 Å². The van der Waals surface area contributed by atoms with Crippen LogP contribution in [0.25, 0.3) is 0 Å². The highest BCUT2D eigenvalue weighted by atomic mass is 16.2. The van der Waals surface area contributed by atoms with Gasteiger partial charge in [-0.2, -0.15) is 5.10 Å². The maximum absolute atomic E-state index is 11.2. The lowest BCUT2D eigenvalue weighted by Crippen LogP contribution is -2.18. The summed E-state index contributed by atoms with van der Waals surface area (Å²) < 4.78 is 0. The Kier molecular flexibility index (Phi) is 5.53. The summed E-state index contributed by atoms with van der Waals surface area (Å²) in [5, 5.41) is 3.74. The average Bonchev–Trinajstić information content (AvgIpc) is 2.29. The third-order valence-corrected chi connectivity index (χ3v) is 1.90. The van der Waals surface area contributed by atoms with Crippen LogP contribution in [0.3, 0.4) is 0 Å². The van der Waals surface area contributed by atoms with Crippen LogP contribution in [-0.2, 0) is 4.79 Å². The minimum atomic E-state index is -0.0854. The molecular weight excluding hydrogens is 212 g/mol. The van der Waals surface area contributed by atoms with Crippen molar-refractivity contribution in [3.8, 4) is 11.8 Å². The van der Waals surface area contributed by atoms with Crippen molar-refractivity contribution in [1.29, 1.82) is 0 Å². The number of rotatable bonds is 3. The number of hydrazone groups is 1. The van der Waals surface area contributed by atoms with Gasteiger partial charge in [0, 0.05) is 12.0 Å². The van der Waals surface area contributed by atoms with Gasteiger partial charge < -0.3 is 0 Å². The lowest BCUT2D eigenvalue weighted by molar-refractivity contribution is -0.121. The molecule has 0 aliphatic heterocycles. The van der Waals surface area contributed by atoms with Crippen LogP contribution in [0.15, 0.2) is 35.4 Å². The molecule has 0 aromatic heterocycles. The maximum atomic E-state index is 11.2. The number of carbonyl (C=O) groups excluding carboxylic acids is 1. The van der Waals surface area contributed by atoms with Crippen LogP contribution >= 0.6 is 0 Å². The Balaban J connectivity index is 2.36. The van der Waals surface area contributed by atoms with Gasteiger partial charge in [0.25, 0.3) is 0 Å². The molecule has 3 nitrogen and oxygen atoms in total. The molecular formula is C14H16N2O. The van der Waals surface area contributed by atoms with Crippen LogP contribution in [0.5, 0.6) is 0 Å². The van der Waals surface area contributed by atoms with E-state index >= 15 is 0 Å². The van der Waals surface area contributed by atoms with Gasteiger partial charge >= 0.3 is 0 Å². The van der Waals surface area contributed by atoms with Crippen LogP contribution in [-0.4, -0.2) is 12.1 Å². The highest BCUT2D eigenvalue weighted by molar-refractivity contribution is 5.82. The van der Waals surface area contributed by atoms with Crippen molar-refractivity contribution in [2.45, 2.75) is 20.3 Å². The predicted molar refractivity (Wildman–Crippen MR) is 69.4 cm³/mol. The predicted octanol–water partition coefficient (Wildman–Crippen LogP) is 2.19. The Hall–Kier alpha value is -2.08. The van der Waals surface area contributed by atoms with Crippen LogP contribution in [0.4, 0.5) is 0 Å². The molecule has 1 aromatic rings. The first-order chi connectivity index (χ1) is 8.18. The highest BCUT2D eigenvalue weighted by Crippen LogP contribution is 1.97. The lowest BCUT2D eigenvalue weighted by atomic mass is 10.1. The number of hydrogen-bond acceptors (Lipinski definition) is 2. The van der Waals surface area contributed by atoms with Crippen LogP contribution < -0.4 is 5.43 Å². The fourth-order valence-corrected chi connectivity index (χ4v) is 1.19. The third kappa shape index (κ3) is 6.16. The zero-order valence-electron chi connectivity index (χ0n) is 10.1. The molecule has 0 atom stereocenters. The zero-order chi connectivity index (χ0) is 12.5. The molecule has 0 fully saturated rings. The number of nitrogens with zero attached hydrogens (tertiary/aromatic N) is 1. The summed E-state index contributed by atoms with van der Waals surface area (Å²) in [5.74, 6) is 5.91. The zero-order valence-corrected chi connectivity index (χ0v) is 10.1. The van der Waals surface area contributed by atoms with Gasteiger partial charge in [-0.25, -0.2) is 5.43 Å². The summed E-state index contributed by atoms with van der Waals surface area (Å²) in [4.78, 5) is 11.2. The van der Waals surface area contributed by atoms with Gasteiger partial charge in [0.2, 0.25) is 5.91 Å². The van der Waals surface area contributed by atoms with Gasteiger partial charge in [-0.05, 0) is 24.0 Å². The van der Waals surface area contributed by atoms with Crippen LogP contribution in [0.1, 0.15) is 25.8 Å². The molecule has 0 spiro atoms. The maximum Gasteiger partial charge on any atom is 0.240 e. The molecule has 1 amide bonds. The fraction of sp³-hybridized carbons (Fsp3) is 0.286. The first-order valence-electron chi connectivity index (χ1n) is 5.55. The van der Waals surface area contributed by atoms with Gasteiger partial charge in [0.05, 0.1) is 6.21 Å². The minimum Gasteiger partial charge on any atom is -0.273 e. The van der Waals surface area contributed by atoms with Gasteiger partial charge in [0.15, 0.2) is 0 Å². The number of benzene rings is 1. The lowest BCUT2D eigenvalue weighted by Gasteiger charge is -2.00. The van der Waals surface area contributed by atoms with Gasteiger partial charge in [-0.3, -0.25) is 4.79 Å². The molecule has 0 saturated carbocycles. The van der Waals surface area contributed by atoms with Crippen molar-refractivity contribution in [2.24, 2.45) is 11.0 Å². The summed E-state index contributed by atoms with van der Waals surface area (Å²) in [5.41, 5.74) is 3.35. The van der Waals surface area contributed by atoms with Crippen LogP contribution in [0, 0.1) is 17.8 Å². The Morgan fingerprint density at radius 2 is 2.12 bits per heavy atom. The van der Waals surface area contributed by atoms with E-state index in [0.29, 0.717) is 12.3 Å². The first kappa shape index (κ1) is 13.0. The van der Waals surface area contributed by atoms with Crippen molar-refractivity contribution < 1.29 is 4.79 Å². The summed E-state index contributed by atoms with van der Waals surface area (Å²) >= 11 is 0. The Bertz CT molecular complexity index is 438. The second-order valence-electron chi connectivity index (χ2n) is 4.03. The van der Waals surface area contributed by atoms with E-state index in [4.69, 9.17) is 0 Å². The monoisotopic (exact) mass is 228 g/mol. The van der Waals surface area contributed by atoms with E-state index in [2.05, 4.69) is 22.4 Å². The molecule has 0 heterocycles.